The van der Waals surface area contributed by atoms with Crippen LogP contribution in [0, 0.1) is 5.92 Å². The summed E-state index contributed by atoms with van der Waals surface area (Å²) in [6.45, 7) is 2.31. The maximum atomic E-state index is 9.20. The van der Waals surface area contributed by atoms with E-state index in [-0.39, 0.29) is 0 Å². The van der Waals surface area contributed by atoms with E-state index in [0.717, 1.165) is 18.9 Å². The second kappa shape index (κ2) is 5.17. The fourth-order valence-electron chi connectivity index (χ4n) is 2.23. The van der Waals surface area contributed by atoms with E-state index in [1.54, 1.807) is 12.1 Å². The average molecular weight is 205 g/mol. The van der Waals surface area contributed by atoms with Crippen LogP contribution in [0.1, 0.15) is 24.8 Å². The van der Waals surface area contributed by atoms with Crippen molar-refractivity contribution < 1.29 is 5.11 Å². The first-order valence-corrected chi connectivity index (χ1v) is 5.83. The molecule has 1 atom stereocenters. The minimum absolute atomic E-state index is 0.359. The second-order valence-electron chi connectivity index (χ2n) is 4.44. The van der Waals surface area contributed by atoms with Gasteiger partial charge in [0.1, 0.15) is 5.75 Å². The van der Waals surface area contributed by atoms with E-state index in [2.05, 4.69) is 5.32 Å². The van der Waals surface area contributed by atoms with Gasteiger partial charge < -0.3 is 10.4 Å². The molecule has 0 radical (unpaired) electrons. The van der Waals surface area contributed by atoms with Crippen molar-refractivity contribution in [3.63, 3.8) is 0 Å². The molecule has 0 aliphatic carbocycles. The van der Waals surface area contributed by atoms with Gasteiger partial charge in [-0.2, -0.15) is 0 Å². The standard InChI is InChI=1S/C13H19NO/c15-13-6-4-11(5-7-13)9-12-3-1-2-8-14-10-12/h4-7,12,14-15H,1-3,8-10H2. The topological polar surface area (TPSA) is 32.3 Å². The second-order valence-corrected chi connectivity index (χ2v) is 4.44. The van der Waals surface area contributed by atoms with Gasteiger partial charge in [0, 0.05) is 0 Å². The lowest BCUT2D eigenvalue weighted by Crippen LogP contribution is -2.21. The highest BCUT2D eigenvalue weighted by Crippen LogP contribution is 2.18. The summed E-state index contributed by atoms with van der Waals surface area (Å²) in [7, 11) is 0. The summed E-state index contributed by atoms with van der Waals surface area (Å²) < 4.78 is 0. The summed E-state index contributed by atoms with van der Waals surface area (Å²) in [5.41, 5.74) is 1.33. The van der Waals surface area contributed by atoms with Gasteiger partial charge in [0.2, 0.25) is 0 Å². The number of phenolic OH excluding ortho intramolecular Hbond substituents is 1. The lowest BCUT2D eigenvalue weighted by molar-refractivity contribution is 0.469. The number of hydrogen-bond acceptors (Lipinski definition) is 2. The predicted octanol–water partition coefficient (Wildman–Crippen LogP) is 2.32. The quantitative estimate of drug-likeness (QED) is 0.776. The van der Waals surface area contributed by atoms with E-state index in [0.29, 0.717) is 5.75 Å². The van der Waals surface area contributed by atoms with E-state index in [1.165, 1.54) is 31.4 Å². The minimum Gasteiger partial charge on any atom is -0.508 e. The maximum absolute atomic E-state index is 9.20. The Morgan fingerprint density at radius 2 is 2.00 bits per heavy atom. The maximum Gasteiger partial charge on any atom is 0.115 e. The molecule has 2 heteroatoms. The molecular weight excluding hydrogens is 186 g/mol. The van der Waals surface area contributed by atoms with Crippen LogP contribution in [0.3, 0.4) is 0 Å². The normalized spacial score (nSPS) is 22.3. The Hall–Kier alpha value is -1.02. The molecule has 1 aliphatic heterocycles. The third-order valence-corrected chi connectivity index (χ3v) is 3.11. The van der Waals surface area contributed by atoms with Crippen molar-refractivity contribution in [2.45, 2.75) is 25.7 Å². The highest BCUT2D eigenvalue weighted by Gasteiger charge is 2.12. The molecule has 1 unspecified atom stereocenters. The van der Waals surface area contributed by atoms with Gasteiger partial charge in [0.25, 0.3) is 0 Å². The zero-order valence-electron chi connectivity index (χ0n) is 9.08. The Balaban J connectivity index is 1.92. The van der Waals surface area contributed by atoms with Crippen molar-refractivity contribution in [2.75, 3.05) is 13.1 Å². The van der Waals surface area contributed by atoms with Gasteiger partial charge in [-0.3, -0.25) is 0 Å². The van der Waals surface area contributed by atoms with Crippen LogP contribution < -0.4 is 5.32 Å². The van der Waals surface area contributed by atoms with E-state index < -0.39 is 0 Å². The zero-order chi connectivity index (χ0) is 10.5. The van der Waals surface area contributed by atoms with Gasteiger partial charge in [-0.05, 0) is 56.0 Å². The molecule has 1 aromatic rings. The van der Waals surface area contributed by atoms with Gasteiger partial charge in [0.15, 0.2) is 0 Å². The Kier molecular flexibility index (Phi) is 3.62. The van der Waals surface area contributed by atoms with Gasteiger partial charge in [-0.15, -0.1) is 0 Å². The molecule has 1 aromatic carbocycles. The SMILES string of the molecule is Oc1ccc(CC2CCCCNC2)cc1. The summed E-state index contributed by atoms with van der Waals surface area (Å²) in [4.78, 5) is 0. The lowest BCUT2D eigenvalue weighted by atomic mass is 9.95. The molecule has 82 valence electrons. The van der Waals surface area contributed by atoms with Crippen molar-refractivity contribution >= 4 is 0 Å². The Morgan fingerprint density at radius 1 is 1.20 bits per heavy atom. The fraction of sp³-hybridized carbons (Fsp3) is 0.538. The highest BCUT2D eigenvalue weighted by molar-refractivity contribution is 5.26. The van der Waals surface area contributed by atoms with E-state index in [4.69, 9.17) is 0 Å². The molecule has 1 heterocycles. The zero-order valence-corrected chi connectivity index (χ0v) is 9.08. The molecule has 2 N–H and O–H groups in total. The molecule has 2 nitrogen and oxygen atoms in total. The van der Waals surface area contributed by atoms with Crippen LogP contribution >= 0.6 is 0 Å². The summed E-state index contributed by atoms with van der Waals surface area (Å²) in [6.07, 6.45) is 5.11. The van der Waals surface area contributed by atoms with Crippen molar-refractivity contribution in [3.05, 3.63) is 29.8 Å². The third kappa shape index (κ3) is 3.24. The highest BCUT2D eigenvalue weighted by atomic mass is 16.3. The first-order valence-electron chi connectivity index (χ1n) is 5.83. The first kappa shape index (κ1) is 10.5. The van der Waals surface area contributed by atoms with Gasteiger partial charge in [-0.25, -0.2) is 0 Å². The Morgan fingerprint density at radius 3 is 2.80 bits per heavy atom. The fourth-order valence-corrected chi connectivity index (χ4v) is 2.23. The Bertz CT molecular complexity index is 286. The molecule has 2 rings (SSSR count). The molecule has 0 spiro atoms. The van der Waals surface area contributed by atoms with Crippen LogP contribution in [-0.4, -0.2) is 18.2 Å². The van der Waals surface area contributed by atoms with Crippen LogP contribution in [0.2, 0.25) is 0 Å². The first-order chi connectivity index (χ1) is 7.34. The Labute approximate surface area is 91.3 Å². The van der Waals surface area contributed by atoms with E-state index >= 15 is 0 Å². The van der Waals surface area contributed by atoms with Crippen LogP contribution in [0.5, 0.6) is 5.75 Å². The van der Waals surface area contributed by atoms with Gasteiger partial charge in [0.05, 0.1) is 0 Å². The minimum atomic E-state index is 0.359. The van der Waals surface area contributed by atoms with Crippen molar-refractivity contribution in [1.82, 2.24) is 5.32 Å². The summed E-state index contributed by atoms with van der Waals surface area (Å²) >= 11 is 0. The number of hydrogen-bond donors (Lipinski definition) is 2. The predicted molar refractivity (Wildman–Crippen MR) is 62.0 cm³/mol. The summed E-state index contributed by atoms with van der Waals surface area (Å²) in [6, 6.07) is 7.61. The molecule has 0 saturated carbocycles. The molecule has 1 aliphatic rings. The van der Waals surface area contributed by atoms with Crippen molar-refractivity contribution in [2.24, 2.45) is 5.92 Å². The van der Waals surface area contributed by atoms with Crippen LogP contribution in [0.25, 0.3) is 0 Å². The molecule has 0 bridgehead atoms. The number of nitrogens with one attached hydrogen (secondary N) is 1. The molecule has 1 saturated heterocycles. The smallest absolute Gasteiger partial charge is 0.115 e. The van der Waals surface area contributed by atoms with Crippen molar-refractivity contribution in [1.29, 1.82) is 0 Å². The van der Waals surface area contributed by atoms with Gasteiger partial charge in [-0.1, -0.05) is 18.6 Å². The van der Waals surface area contributed by atoms with Crippen LogP contribution in [0.4, 0.5) is 0 Å². The molecule has 0 amide bonds. The third-order valence-electron chi connectivity index (χ3n) is 3.11. The monoisotopic (exact) mass is 205 g/mol. The number of benzene rings is 1. The largest absolute Gasteiger partial charge is 0.508 e. The summed E-state index contributed by atoms with van der Waals surface area (Å²) in [5.74, 6) is 1.12. The number of rotatable bonds is 2. The van der Waals surface area contributed by atoms with Crippen LogP contribution in [0.15, 0.2) is 24.3 Å². The number of phenols is 1. The van der Waals surface area contributed by atoms with Gasteiger partial charge >= 0.3 is 0 Å². The number of aromatic hydroxyl groups is 1. The summed E-state index contributed by atoms with van der Waals surface area (Å²) in [5, 5.41) is 12.7. The lowest BCUT2D eigenvalue weighted by Gasteiger charge is -2.13. The van der Waals surface area contributed by atoms with E-state index in [9.17, 15) is 5.11 Å². The molecule has 1 fully saturated rings. The molecule has 15 heavy (non-hydrogen) atoms. The van der Waals surface area contributed by atoms with Crippen molar-refractivity contribution in [3.8, 4) is 5.75 Å². The van der Waals surface area contributed by atoms with E-state index in [1.807, 2.05) is 12.1 Å². The molecule has 0 aromatic heterocycles. The molecular formula is C13H19NO. The average Bonchev–Trinajstić information content (AvgIpc) is 2.50. The van der Waals surface area contributed by atoms with Crippen LogP contribution in [-0.2, 0) is 6.42 Å².